The number of rotatable bonds is 2. The number of halogens is 1. The Morgan fingerprint density at radius 1 is 1.19 bits per heavy atom. The Hall–Kier alpha value is -1.94. The van der Waals surface area contributed by atoms with Crippen molar-refractivity contribution in [3.8, 4) is 0 Å². The number of carbonyl (C=O) groups excluding carboxylic acids is 1. The Morgan fingerprint density at radius 3 is 2.62 bits per heavy atom. The van der Waals surface area contributed by atoms with Gasteiger partial charge in [-0.3, -0.25) is 9.78 Å². The van der Waals surface area contributed by atoms with Crippen LogP contribution in [-0.2, 0) is 0 Å². The van der Waals surface area contributed by atoms with E-state index < -0.39 is 0 Å². The van der Waals surface area contributed by atoms with Crippen LogP contribution >= 0.6 is 11.6 Å². The highest BCUT2D eigenvalue weighted by atomic mass is 35.5. The van der Waals surface area contributed by atoms with E-state index in [2.05, 4.69) is 15.3 Å². The van der Waals surface area contributed by atoms with Crippen LogP contribution < -0.4 is 5.32 Å². The molecule has 0 spiro atoms. The summed E-state index contributed by atoms with van der Waals surface area (Å²) in [6.45, 7) is 0. The lowest BCUT2D eigenvalue weighted by atomic mass is 10.2. The number of anilines is 1. The topological polar surface area (TPSA) is 54.9 Å². The predicted molar refractivity (Wildman–Crippen MR) is 61.4 cm³/mol. The van der Waals surface area contributed by atoms with Gasteiger partial charge in [-0.1, -0.05) is 11.6 Å². The molecular weight excluding hydrogens is 226 g/mol. The molecule has 80 valence electrons. The van der Waals surface area contributed by atoms with Crippen LogP contribution in [0, 0.1) is 0 Å². The first kappa shape index (κ1) is 10.6. The molecular formula is C11H8ClN3O. The molecule has 5 heteroatoms. The van der Waals surface area contributed by atoms with Gasteiger partial charge in [0.1, 0.15) is 5.15 Å². The van der Waals surface area contributed by atoms with Gasteiger partial charge in [0.2, 0.25) is 0 Å². The molecule has 0 bridgehead atoms. The lowest BCUT2D eigenvalue weighted by molar-refractivity contribution is 0.102. The predicted octanol–water partition coefficient (Wildman–Crippen LogP) is 2.38. The lowest BCUT2D eigenvalue weighted by Gasteiger charge is -2.05. The van der Waals surface area contributed by atoms with Gasteiger partial charge in [-0.2, -0.15) is 0 Å². The molecule has 0 aliphatic carbocycles. The van der Waals surface area contributed by atoms with Crippen LogP contribution in [0.4, 0.5) is 5.69 Å². The van der Waals surface area contributed by atoms with Gasteiger partial charge in [0.15, 0.2) is 0 Å². The number of amides is 1. The lowest BCUT2D eigenvalue weighted by Crippen LogP contribution is -2.12. The standard InChI is InChI=1S/C11H8ClN3O/c12-10-9(2-1-5-14-10)11(16)15-8-3-6-13-7-4-8/h1-7H,(H,13,15,16). The first-order chi connectivity index (χ1) is 7.77. The molecule has 1 N–H and O–H groups in total. The van der Waals surface area contributed by atoms with E-state index >= 15 is 0 Å². The summed E-state index contributed by atoms with van der Waals surface area (Å²) >= 11 is 5.80. The average molecular weight is 234 g/mol. The zero-order valence-electron chi connectivity index (χ0n) is 8.22. The Morgan fingerprint density at radius 2 is 1.94 bits per heavy atom. The number of nitrogens with zero attached hydrogens (tertiary/aromatic N) is 2. The summed E-state index contributed by atoms with van der Waals surface area (Å²) < 4.78 is 0. The zero-order chi connectivity index (χ0) is 11.4. The fraction of sp³-hybridized carbons (Fsp3) is 0. The smallest absolute Gasteiger partial charge is 0.258 e. The summed E-state index contributed by atoms with van der Waals surface area (Å²) in [6, 6.07) is 6.67. The second-order valence-electron chi connectivity index (χ2n) is 3.03. The van der Waals surface area contributed by atoms with Gasteiger partial charge in [-0.05, 0) is 24.3 Å². The fourth-order valence-corrected chi connectivity index (χ4v) is 1.39. The Balaban J connectivity index is 2.19. The maximum atomic E-state index is 11.8. The Bertz CT molecular complexity index is 502. The molecule has 0 aromatic carbocycles. The molecule has 2 rings (SSSR count). The molecule has 2 heterocycles. The highest BCUT2D eigenvalue weighted by Crippen LogP contribution is 2.13. The van der Waals surface area contributed by atoms with Crippen LogP contribution in [0.15, 0.2) is 42.9 Å². The zero-order valence-corrected chi connectivity index (χ0v) is 8.98. The van der Waals surface area contributed by atoms with Gasteiger partial charge in [0, 0.05) is 24.3 Å². The molecule has 0 aliphatic rings. The first-order valence-corrected chi connectivity index (χ1v) is 4.97. The van der Waals surface area contributed by atoms with Crippen LogP contribution in [0.1, 0.15) is 10.4 Å². The number of nitrogens with one attached hydrogen (secondary N) is 1. The van der Waals surface area contributed by atoms with Gasteiger partial charge in [0.05, 0.1) is 5.56 Å². The van der Waals surface area contributed by atoms with Crippen molar-refractivity contribution >= 4 is 23.2 Å². The maximum Gasteiger partial charge on any atom is 0.258 e. The summed E-state index contributed by atoms with van der Waals surface area (Å²) in [4.78, 5) is 19.5. The van der Waals surface area contributed by atoms with Gasteiger partial charge < -0.3 is 5.32 Å². The minimum Gasteiger partial charge on any atom is -0.322 e. The fourth-order valence-electron chi connectivity index (χ4n) is 1.19. The molecule has 0 fully saturated rings. The summed E-state index contributed by atoms with van der Waals surface area (Å²) in [6.07, 6.45) is 4.73. The maximum absolute atomic E-state index is 11.8. The summed E-state index contributed by atoms with van der Waals surface area (Å²) in [7, 11) is 0. The monoisotopic (exact) mass is 233 g/mol. The van der Waals surface area contributed by atoms with E-state index in [0.717, 1.165) is 0 Å². The molecule has 0 saturated heterocycles. The molecule has 0 atom stereocenters. The van der Waals surface area contributed by atoms with E-state index in [-0.39, 0.29) is 11.1 Å². The van der Waals surface area contributed by atoms with Crippen molar-refractivity contribution in [2.45, 2.75) is 0 Å². The number of hydrogen-bond acceptors (Lipinski definition) is 3. The van der Waals surface area contributed by atoms with Gasteiger partial charge >= 0.3 is 0 Å². The third-order valence-electron chi connectivity index (χ3n) is 1.94. The van der Waals surface area contributed by atoms with Crippen molar-refractivity contribution in [3.05, 3.63) is 53.6 Å². The molecule has 0 saturated carbocycles. The van der Waals surface area contributed by atoms with Crippen LogP contribution in [0.3, 0.4) is 0 Å². The third-order valence-corrected chi connectivity index (χ3v) is 2.24. The first-order valence-electron chi connectivity index (χ1n) is 4.59. The SMILES string of the molecule is O=C(Nc1ccncc1)c1cccnc1Cl. The Kier molecular flexibility index (Phi) is 3.12. The molecule has 4 nitrogen and oxygen atoms in total. The quantitative estimate of drug-likeness (QED) is 0.811. The average Bonchev–Trinajstić information content (AvgIpc) is 2.31. The molecule has 0 aliphatic heterocycles. The summed E-state index contributed by atoms with van der Waals surface area (Å²) in [5.74, 6) is -0.288. The van der Waals surface area contributed by atoms with E-state index in [1.165, 1.54) is 6.20 Å². The normalized spacial score (nSPS) is 9.81. The van der Waals surface area contributed by atoms with E-state index in [1.807, 2.05) is 0 Å². The largest absolute Gasteiger partial charge is 0.322 e. The van der Waals surface area contributed by atoms with Crippen LogP contribution in [0.2, 0.25) is 5.15 Å². The van der Waals surface area contributed by atoms with Gasteiger partial charge in [0.25, 0.3) is 5.91 Å². The van der Waals surface area contributed by atoms with Crippen molar-refractivity contribution in [2.24, 2.45) is 0 Å². The molecule has 2 aromatic rings. The van der Waals surface area contributed by atoms with Crippen LogP contribution in [-0.4, -0.2) is 15.9 Å². The molecule has 0 unspecified atom stereocenters. The Labute approximate surface area is 97.3 Å². The number of pyridine rings is 2. The van der Waals surface area contributed by atoms with E-state index in [9.17, 15) is 4.79 Å². The van der Waals surface area contributed by atoms with Crippen molar-refractivity contribution in [3.63, 3.8) is 0 Å². The molecule has 1 amide bonds. The summed E-state index contributed by atoms with van der Waals surface area (Å²) in [5, 5.41) is 2.88. The van der Waals surface area contributed by atoms with E-state index in [1.54, 1.807) is 36.7 Å². The summed E-state index contributed by atoms with van der Waals surface area (Å²) in [5.41, 5.74) is 1.01. The molecule has 2 aromatic heterocycles. The molecule has 16 heavy (non-hydrogen) atoms. The molecule has 0 radical (unpaired) electrons. The number of aromatic nitrogens is 2. The van der Waals surface area contributed by atoms with Crippen molar-refractivity contribution in [1.29, 1.82) is 0 Å². The van der Waals surface area contributed by atoms with Crippen LogP contribution in [0.5, 0.6) is 0 Å². The van der Waals surface area contributed by atoms with Crippen LogP contribution in [0.25, 0.3) is 0 Å². The minimum absolute atomic E-state index is 0.189. The van der Waals surface area contributed by atoms with Crippen molar-refractivity contribution in [2.75, 3.05) is 5.32 Å². The van der Waals surface area contributed by atoms with E-state index in [0.29, 0.717) is 11.3 Å². The van der Waals surface area contributed by atoms with Crippen molar-refractivity contribution < 1.29 is 4.79 Å². The second kappa shape index (κ2) is 4.72. The number of carbonyl (C=O) groups is 1. The highest BCUT2D eigenvalue weighted by Gasteiger charge is 2.10. The third kappa shape index (κ3) is 2.35. The van der Waals surface area contributed by atoms with E-state index in [4.69, 9.17) is 11.6 Å². The van der Waals surface area contributed by atoms with Crippen molar-refractivity contribution in [1.82, 2.24) is 9.97 Å². The van der Waals surface area contributed by atoms with Gasteiger partial charge in [-0.15, -0.1) is 0 Å². The minimum atomic E-state index is -0.288. The number of hydrogen-bond donors (Lipinski definition) is 1. The van der Waals surface area contributed by atoms with Gasteiger partial charge in [-0.25, -0.2) is 4.98 Å². The second-order valence-corrected chi connectivity index (χ2v) is 3.39. The highest BCUT2D eigenvalue weighted by molar-refractivity contribution is 6.33.